The van der Waals surface area contributed by atoms with Crippen LogP contribution in [0.1, 0.15) is 6.92 Å². The molecule has 0 aliphatic heterocycles. The lowest BCUT2D eigenvalue weighted by Gasteiger charge is -2.25. The highest BCUT2D eigenvalue weighted by atomic mass is 16.3. The van der Waals surface area contributed by atoms with Crippen molar-refractivity contribution >= 4 is 0 Å². The van der Waals surface area contributed by atoms with Crippen LogP contribution in [0.15, 0.2) is 17.2 Å². The van der Waals surface area contributed by atoms with E-state index in [-0.39, 0.29) is 18.9 Å². The third-order valence-corrected chi connectivity index (χ3v) is 1.91. The van der Waals surface area contributed by atoms with Gasteiger partial charge >= 0.3 is 5.69 Å². The van der Waals surface area contributed by atoms with Crippen molar-refractivity contribution in [2.45, 2.75) is 12.5 Å². The van der Waals surface area contributed by atoms with Gasteiger partial charge in [0.25, 0.3) is 0 Å². The molecule has 0 amide bonds. The van der Waals surface area contributed by atoms with E-state index in [1.807, 2.05) is 0 Å². The van der Waals surface area contributed by atoms with Gasteiger partial charge < -0.3 is 15.2 Å². The fourth-order valence-electron chi connectivity index (χ4n) is 0.948. The number of aliphatic hydroxyl groups excluding tert-OH is 2. The first-order chi connectivity index (χ1) is 5.64. The molecule has 0 aliphatic carbocycles. The van der Waals surface area contributed by atoms with Crippen LogP contribution < -0.4 is 5.69 Å². The number of rotatable bonds is 3. The summed E-state index contributed by atoms with van der Waals surface area (Å²) in [6, 6.07) is 0. The molecule has 0 spiro atoms. The highest BCUT2D eigenvalue weighted by Crippen LogP contribution is 2.10. The average molecular weight is 172 g/mol. The molecule has 0 saturated carbocycles. The Bertz CT molecular complexity index is 298. The van der Waals surface area contributed by atoms with Gasteiger partial charge in [0, 0.05) is 12.4 Å². The molecular weight excluding hydrogens is 160 g/mol. The molecular formula is C7H12N2O3. The number of aromatic nitrogens is 2. The van der Waals surface area contributed by atoms with Crippen molar-refractivity contribution < 1.29 is 10.2 Å². The zero-order valence-electron chi connectivity index (χ0n) is 6.82. The molecule has 1 heterocycles. The predicted molar refractivity (Wildman–Crippen MR) is 42.9 cm³/mol. The third kappa shape index (κ3) is 1.28. The van der Waals surface area contributed by atoms with E-state index < -0.39 is 5.54 Å². The molecule has 0 bridgehead atoms. The van der Waals surface area contributed by atoms with Crippen LogP contribution in [0.2, 0.25) is 0 Å². The van der Waals surface area contributed by atoms with E-state index >= 15 is 0 Å². The maximum Gasteiger partial charge on any atom is 0.326 e. The predicted octanol–water partition coefficient (Wildman–Crippen LogP) is -1.12. The number of hydrogen-bond acceptors (Lipinski definition) is 3. The zero-order valence-corrected chi connectivity index (χ0v) is 6.82. The molecule has 0 atom stereocenters. The SMILES string of the molecule is CC(CO)(CO)n1cc[nH]c1=O. The van der Waals surface area contributed by atoms with Gasteiger partial charge in [0.2, 0.25) is 0 Å². The molecule has 12 heavy (non-hydrogen) atoms. The summed E-state index contributed by atoms with van der Waals surface area (Å²) in [4.78, 5) is 13.5. The van der Waals surface area contributed by atoms with E-state index in [0.717, 1.165) is 0 Å². The molecule has 0 saturated heterocycles. The van der Waals surface area contributed by atoms with E-state index in [1.165, 1.54) is 17.0 Å². The summed E-state index contributed by atoms with van der Waals surface area (Å²) in [7, 11) is 0. The number of hydrogen-bond donors (Lipinski definition) is 3. The Morgan fingerprint density at radius 1 is 1.58 bits per heavy atom. The van der Waals surface area contributed by atoms with Crippen LogP contribution >= 0.6 is 0 Å². The van der Waals surface area contributed by atoms with Crippen LogP contribution in [0, 0.1) is 0 Å². The van der Waals surface area contributed by atoms with Crippen LogP contribution in [0.4, 0.5) is 0 Å². The lowest BCUT2D eigenvalue weighted by Crippen LogP contribution is -2.43. The number of aromatic amines is 1. The fourth-order valence-corrected chi connectivity index (χ4v) is 0.948. The molecule has 5 heteroatoms. The van der Waals surface area contributed by atoms with Crippen molar-refractivity contribution in [1.29, 1.82) is 0 Å². The van der Waals surface area contributed by atoms with E-state index in [2.05, 4.69) is 4.98 Å². The molecule has 0 unspecified atom stereocenters. The fraction of sp³-hybridized carbons (Fsp3) is 0.571. The van der Waals surface area contributed by atoms with Gasteiger partial charge in [0.05, 0.1) is 18.8 Å². The highest BCUT2D eigenvalue weighted by Gasteiger charge is 2.25. The van der Waals surface area contributed by atoms with Gasteiger partial charge in [-0.3, -0.25) is 4.57 Å². The summed E-state index contributed by atoms with van der Waals surface area (Å²) in [5.74, 6) is 0. The molecule has 1 aromatic heterocycles. The van der Waals surface area contributed by atoms with Gasteiger partial charge in [-0.1, -0.05) is 0 Å². The first kappa shape index (κ1) is 9.02. The van der Waals surface area contributed by atoms with Gasteiger partial charge in [-0.2, -0.15) is 0 Å². The maximum absolute atomic E-state index is 11.1. The molecule has 3 N–H and O–H groups in total. The Morgan fingerprint density at radius 3 is 2.50 bits per heavy atom. The Labute approximate surface area is 69.3 Å². The van der Waals surface area contributed by atoms with Crippen LogP contribution in [-0.4, -0.2) is 33.0 Å². The molecule has 1 rings (SSSR count). The van der Waals surface area contributed by atoms with Crippen molar-refractivity contribution in [3.63, 3.8) is 0 Å². The van der Waals surface area contributed by atoms with E-state index in [1.54, 1.807) is 6.92 Å². The third-order valence-electron chi connectivity index (χ3n) is 1.91. The minimum Gasteiger partial charge on any atom is -0.394 e. The second kappa shape index (κ2) is 3.12. The lowest BCUT2D eigenvalue weighted by atomic mass is 10.1. The summed E-state index contributed by atoms with van der Waals surface area (Å²) in [6.07, 6.45) is 2.96. The molecule has 0 fully saturated rings. The molecule has 68 valence electrons. The van der Waals surface area contributed by atoms with Crippen LogP contribution in [0.5, 0.6) is 0 Å². The second-order valence-electron chi connectivity index (χ2n) is 2.95. The minimum atomic E-state index is -0.920. The number of aliphatic hydroxyl groups is 2. The Balaban J connectivity index is 3.11. The van der Waals surface area contributed by atoms with Crippen molar-refractivity contribution in [1.82, 2.24) is 9.55 Å². The van der Waals surface area contributed by atoms with Gasteiger partial charge in [0.15, 0.2) is 0 Å². The average Bonchev–Trinajstić information content (AvgIpc) is 2.51. The smallest absolute Gasteiger partial charge is 0.326 e. The monoisotopic (exact) mass is 172 g/mol. The normalized spacial score (nSPS) is 11.9. The van der Waals surface area contributed by atoms with Crippen LogP contribution in [-0.2, 0) is 5.54 Å². The van der Waals surface area contributed by atoms with E-state index in [4.69, 9.17) is 10.2 Å². The number of imidazole rings is 1. The van der Waals surface area contributed by atoms with Crippen molar-refractivity contribution in [3.05, 3.63) is 22.9 Å². The second-order valence-corrected chi connectivity index (χ2v) is 2.95. The van der Waals surface area contributed by atoms with Crippen LogP contribution in [0.25, 0.3) is 0 Å². The molecule has 1 aromatic rings. The van der Waals surface area contributed by atoms with Gasteiger partial charge in [-0.15, -0.1) is 0 Å². The topological polar surface area (TPSA) is 78.2 Å². The Kier molecular flexibility index (Phi) is 2.35. The van der Waals surface area contributed by atoms with Crippen molar-refractivity contribution in [2.75, 3.05) is 13.2 Å². The summed E-state index contributed by atoms with van der Waals surface area (Å²) < 4.78 is 1.27. The molecule has 5 nitrogen and oxygen atoms in total. The van der Waals surface area contributed by atoms with Crippen molar-refractivity contribution in [3.8, 4) is 0 Å². The molecule has 0 aromatic carbocycles. The van der Waals surface area contributed by atoms with Crippen molar-refractivity contribution in [2.24, 2.45) is 0 Å². The first-order valence-corrected chi connectivity index (χ1v) is 3.62. The summed E-state index contributed by atoms with van der Waals surface area (Å²) in [5.41, 5.74) is -1.25. The van der Waals surface area contributed by atoms with Gasteiger partial charge in [-0.25, -0.2) is 4.79 Å². The first-order valence-electron chi connectivity index (χ1n) is 3.62. The standard InChI is InChI=1S/C7H12N2O3/c1-7(4-10,5-11)9-3-2-8-6(9)12/h2-3,10-11H,4-5H2,1H3,(H,8,12). The zero-order chi connectivity index (χ0) is 9.19. The van der Waals surface area contributed by atoms with Gasteiger partial charge in [-0.05, 0) is 6.92 Å². The quantitative estimate of drug-likeness (QED) is 0.540. The molecule has 0 radical (unpaired) electrons. The minimum absolute atomic E-state index is 0.277. The summed E-state index contributed by atoms with van der Waals surface area (Å²) in [6.45, 7) is 1.05. The highest BCUT2D eigenvalue weighted by molar-refractivity contribution is 4.88. The maximum atomic E-state index is 11.1. The number of H-pyrrole nitrogens is 1. The molecule has 0 aliphatic rings. The van der Waals surface area contributed by atoms with E-state index in [0.29, 0.717) is 0 Å². The number of nitrogens with zero attached hydrogens (tertiary/aromatic N) is 1. The summed E-state index contributed by atoms with van der Waals surface area (Å²) >= 11 is 0. The largest absolute Gasteiger partial charge is 0.394 e. The van der Waals surface area contributed by atoms with Crippen LogP contribution in [0.3, 0.4) is 0 Å². The number of nitrogens with one attached hydrogen (secondary N) is 1. The lowest BCUT2D eigenvalue weighted by molar-refractivity contribution is 0.0754. The summed E-state index contributed by atoms with van der Waals surface area (Å²) in [5, 5.41) is 17.9. The Morgan fingerprint density at radius 2 is 2.17 bits per heavy atom. The van der Waals surface area contributed by atoms with E-state index in [9.17, 15) is 4.79 Å². The Hall–Kier alpha value is -1.07. The van der Waals surface area contributed by atoms with Gasteiger partial charge in [0.1, 0.15) is 0 Å².